The maximum atomic E-state index is 13.0. The highest BCUT2D eigenvalue weighted by Crippen LogP contribution is 2.43. The van der Waals surface area contributed by atoms with Gasteiger partial charge in [0, 0.05) is 6.42 Å². The maximum absolute atomic E-state index is 13.0. The number of hydrogen-bond acceptors (Lipinski definition) is 5. The Morgan fingerprint density at radius 1 is 0.432 bits per heavy atom. The van der Waals surface area contributed by atoms with Gasteiger partial charge in [-0.25, -0.2) is 4.57 Å². The predicted molar refractivity (Wildman–Crippen MR) is 355 cm³/mol. The molecule has 0 saturated carbocycles. The van der Waals surface area contributed by atoms with Crippen LogP contribution >= 0.6 is 7.82 Å². The van der Waals surface area contributed by atoms with Gasteiger partial charge in [-0.2, -0.15) is 0 Å². The topological polar surface area (TPSA) is 105 Å². The lowest BCUT2D eigenvalue weighted by atomic mass is 10.0. The van der Waals surface area contributed by atoms with E-state index in [1.165, 1.54) is 148 Å². The molecule has 0 saturated heterocycles. The first-order valence-corrected chi connectivity index (χ1v) is 34.6. The van der Waals surface area contributed by atoms with Crippen molar-refractivity contribution < 1.29 is 32.9 Å². The van der Waals surface area contributed by atoms with Crippen molar-refractivity contribution in [1.29, 1.82) is 0 Å². The van der Waals surface area contributed by atoms with Crippen LogP contribution in [0.15, 0.2) is 134 Å². The van der Waals surface area contributed by atoms with Gasteiger partial charge in [-0.05, 0) is 109 Å². The summed E-state index contributed by atoms with van der Waals surface area (Å²) in [6.45, 7) is 4.67. The first-order valence-electron chi connectivity index (χ1n) is 33.1. The second-order valence-electron chi connectivity index (χ2n) is 23.1. The van der Waals surface area contributed by atoms with Crippen LogP contribution in [-0.2, 0) is 18.4 Å². The molecule has 0 radical (unpaired) electrons. The Kier molecular flexibility index (Phi) is 58.7. The van der Waals surface area contributed by atoms with Crippen LogP contribution in [0, 0.1) is 0 Å². The molecule has 0 fully saturated rings. The molecular formula is C72H126N2O6P+. The van der Waals surface area contributed by atoms with Gasteiger partial charge >= 0.3 is 7.82 Å². The number of allylic oxidation sites excluding steroid dienone is 21. The van der Waals surface area contributed by atoms with E-state index in [9.17, 15) is 19.4 Å². The maximum Gasteiger partial charge on any atom is 0.472 e. The number of nitrogens with one attached hydrogen (secondary N) is 1. The number of likely N-dealkylation sites (N-methyl/N-ethyl adjacent to an activating group) is 1. The average molecular weight is 1150 g/mol. The summed E-state index contributed by atoms with van der Waals surface area (Å²) >= 11 is 0. The third kappa shape index (κ3) is 64.1. The van der Waals surface area contributed by atoms with Crippen molar-refractivity contribution in [3.05, 3.63) is 134 Å². The number of carbonyl (C=O) groups is 1. The fourth-order valence-corrected chi connectivity index (χ4v) is 9.71. The fraction of sp³-hybridized carbons (Fsp3) is 0.681. The molecule has 81 heavy (non-hydrogen) atoms. The molecular weight excluding hydrogens is 1020 g/mol. The fourth-order valence-electron chi connectivity index (χ4n) is 8.97. The summed E-state index contributed by atoms with van der Waals surface area (Å²) in [5.74, 6) is -0.197. The van der Waals surface area contributed by atoms with Crippen LogP contribution < -0.4 is 5.32 Å². The number of phosphoric ester groups is 1. The van der Waals surface area contributed by atoms with E-state index in [1.807, 2.05) is 27.2 Å². The van der Waals surface area contributed by atoms with E-state index in [-0.39, 0.29) is 19.1 Å². The van der Waals surface area contributed by atoms with Crippen LogP contribution in [0.25, 0.3) is 0 Å². The monoisotopic (exact) mass is 1150 g/mol. The quantitative estimate of drug-likeness (QED) is 0.0243. The minimum Gasteiger partial charge on any atom is -0.387 e. The molecule has 0 aliphatic heterocycles. The van der Waals surface area contributed by atoms with Gasteiger partial charge in [0.15, 0.2) is 0 Å². The Labute approximate surface area is 500 Å². The zero-order valence-corrected chi connectivity index (χ0v) is 53.9. The molecule has 0 heterocycles. The van der Waals surface area contributed by atoms with E-state index in [4.69, 9.17) is 9.05 Å². The van der Waals surface area contributed by atoms with Gasteiger partial charge in [-0.15, -0.1) is 0 Å². The molecule has 0 rings (SSSR count). The summed E-state index contributed by atoms with van der Waals surface area (Å²) in [5.41, 5.74) is 0. The van der Waals surface area contributed by atoms with Gasteiger partial charge in [-0.3, -0.25) is 13.8 Å². The van der Waals surface area contributed by atoms with Crippen LogP contribution in [0.1, 0.15) is 264 Å². The van der Waals surface area contributed by atoms with Crippen LogP contribution in [0.5, 0.6) is 0 Å². The summed E-state index contributed by atoms with van der Waals surface area (Å²) in [4.78, 5) is 23.4. The molecule has 0 bridgehead atoms. The lowest BCUT2D eigenvalue weighted by molar-refractivity contribution is -0.870. The molecule has 0 spiro atoms. The molecule has 0 aromatic rings. The second-order valence-corrected chi connectivity index (χ2v) is 24.5. The average Bonchev–Trinajstić information content (AvgIpc) is 3.43. The van der Waals surface area contributed by atoms with Crippen LogP contribution in [0.3, 0.4) is 0 Å². The van der Waals surface area contributed by atoms with E-state index >= 15 is 0 Å². The third-order valence-corrected chi connectivity index (χ3v) is 15.1. The molecule has 464 valence electrons. The van der Waals surface area contributed by atoms with Crippen LogP contribution in [0.2, 0.25) is 0 Å². The standard InChI is InChI=1S/C72H125N2O6P/c1-6-8-10-12-14-16-18-20-22-24-26-28-30-31-32-33-34-35-36-37-38-39-40-41-42-43-44-46-48-50-52-54-56-58-60-62-64-66-72(76)73-70(69-80-81(77,78)79-68-67-74(3,4)5)71(75)65-63-61-59-57-55-53-51-49-47-45-29-27-25-23-21-19-17-15-13-11-9-7-2/h8,10,14,16,20,22,26,28,31-32,34-35,37-38,40-41,47,49,55,57,63,65,70-71,75H,6-7,9,11-13,15,17-19,21,23-25,27,29-30,33,36,39,42-46,48,50-54,56,58-62,64,66-69H2,1-5H3,(H-,73,76,77,78)/p+1/b10-8-,16-14-,22-20-,28-26-,32-31-,35-34-,38-37-,41-40-,49-47+,57-55+,65-63+. The zero-order chi connectivity index (χ0) is 59.1. The Bertz CT molecular complexity index is 1780. The Hall–Kier alpha value is -3.36. The van der Waals surface area contributed by atoms with E-state index in [0.717, 1.165) is 96.3 Å². The van der Waals surface area contributed by atoms with E-state index in [0.29, 0.717) is 17.4 Å². The zero-order valence-electron chi connectivity index (χ0n) is 53.0. The number of quaternary nitrogens is 1. The summed E-state index contributed by atoms with van der Waals surface area (Å²) in [7, 11) is 1.53. The number of unbranched alkanes of at least 4 members (excludes halogenated alkanes) is 26. The summed E-state index contributed by atoms with van der Waals surface area (Å²) in [6, 6.07) is -0.881. The molecule has 3 N–H and O–H groups in total. The predicted octanol–water partition coefficient (Wildman–Crippen LogP) is 21.0. The van der Waals surface area contributed by atoms with Crippen molar-refractivity contribution in [2.45, 2.75) is 276 Å². The largest absolute Gasteiger partial charge is 0.472 e. The van der Waals surface area contributed by atoms with E-state index in [2.05, 4.69) is 141 Å². The first kappa shape index (κ1) is 77.6. The summed E-state index contributed by atoms with van der Waals surface area (Å²) < 4.78 is 23.7. The number of amides is 1. The molecule has 0 aliphatic rings. The number of aliphatic hydroxyl groups excluding tert-OH is 1. The minimum absolute atomic E-state index is 0.0475. The van der Waals surface area contributed by atoms with Crippen molar-refractivity contribution in [2.24, 2.45) is 0 Å². The lowest BCUT2D eigenvalue weighted by Crippen LogP contribution is -2.45. The Balaban J connectivity index is 4.18. The van der Waals surface area contributed by atoms with E-state index in [1.54, 1.807) is 6.08 Å². The molecule has 1 amide bonds. The van der Waals surface area contributed by atoms with Crippen LogP contribution in [0.4, 0.5) is 0 Å². The second kappa shape index (κ2) is 61.2. The minimum atomic E-state index is -4.37. The number of phosphoric acid groups is 1. The number of hydrogen-bond donors (Lipinski definition) is 3. The Morgan fingerprint density at radius 3 is 1.14 bits per heavy atom. The molecule has 0 aromatic carbocycles. The highest BCUT2D eigenvalue weighted by atomic mass is 31.2. The highest BCUT2D eigenvalue weighted by Gasteiger charge is 2.27. The van der Waals surface area contributed by atoms with Crippen molar-refractivity contribution in [2.75, 3.05) is 40.9 Å². The smallest absolute Gasteiger partial charge is 0.387 e. The van der Waals surface area contributed by atoms with Crippen molar-refractivity contribution in [1.82, 2.24) is 5.32 Å². The SMILES string of the molecule is CC/C=C\C/C=C\C/C=C\C/C=C\C/C=C\C/C=C\C/C=C\C/C=C\CCCCCCCCCCCCCCC(=O)NC(COP(=O)(O)OCC[N+](C)(C)C)C(O)/C=C/CC/C=C/CC/C=C/CCCCCCCCCCCCCC. The normalized spacial score (nSPS) is 14.6. The molecule has 9 heteroatoms. The van der Waals surface area contributed by atoms with Gasteiger partial charge in [0.05, 0.1) is 39.9 Å². The van der Waals surface area contributed by atoms with E-state index < -0.39 is 20.0 Å². The van der Waals surface area contributed by atoms with Gasteiger partial charge < -0.3 is 19.8 Å². The molecule has 8 nitrogen and oxygen atoms in total. The summed E-state index contributed by atoms with van der Waals surface area (Å²) in [5, 5.41) is 13.9. The van der Waals surface area contributed by atoms with Crippen molar-refractivity contribution in [3.8, 4) is 0 Å². The molecule has 0 aromatic heterocycles. The number of carbonyl (C=O) groups excluding carboxylic acids is 1. The number of nitrogens with zero attached hydrogens (tertiary/aromatic N) is 1. The number of aliphatic hydroxyl groups is 1. The lowest BCUT2D eigenvalue weighted by Gasteiger charge is -2.25. The van der Waals surface area contributed by atoms with Crippen molar-refractivity contribution >= 4 is 13.7 Å². The molecule has 3 unspecified atom stereocenters. The first-order chi connectivity index (χ1) is 39.5. The Morgan fingerprint density at radius 2 is 0.753 bits per heavy atom. The van der Waals surface area contributed by atoms with Gasteiger partial charge in [-0.1, -0.05) is 282 Å². The highest BCUT2D eigenvalue weighted by molar-refractivity contribution is 7.47. The van der Waals surface area contributed by atoms with Crippen LogP contribution in [-0.4, -0.2) is 73.4 Å². The van der Waals surface area contributed by atoms with Gasteiger partial charge in [0.2, 0.25) is 5.91 Å². The molecule has 3 atom stereocenters. The van der Waals surface area contributed by atoms with Crippen molar-refractivity contribution in [3.63, 3.8) is 0 Å². The van der Waals surface area contributed by atoms with Gasteiger partial charge in [0.1, 0.15) is 13.2 Å². The number of rotatable bonds is 59. The third-order valence-electron chi connectivity index (χ3n) is 14.1. The molecule has 0 aliphatic carbocycles. The summed E-state index contributed by atoms with van der Waals surface area (Å²) in [6.07, 6.45) is 92.9. The van der Waals surface area contributed by atoms with Gasteiger partial charge in [0.25, 0.3) is 0 Å².